The largest absolute Gasteiger partial charge is 0.416 e. The van der Waals surface area contributed by atoms with Crippen LogP contribution >= 0.6 is 0 Å². The van der Waals surface area contributed by atoms with Crippen LogP contribution in [0.25, 0.3) is 23.3 Å². The van der Waals surface area contributed by atoms with Crippen molar-refractivity contribution in [2.45, 2.75) is 52.3 Å². The molecule has 2 heterocycles. The third-order valence-corrected chi connectivity index (χ3v) is 6.65. The molecule has 0 atom stereocenters. The number of alkyl halides is 3. The molecule has 3 aromatic rings. The number of aromatic nitrogens is 1. The number of aryl methyl sites for hydroxylation is 1. The Morgan fingerprint density at radius 1 is 0.941 bits per heavy atom. The number of rotatable bonds is 6. The molecule has 1 saturated heterocycles. The molecular weight excluding hydrogens is 433 g/mol. The average Bonchev–Trinajstić information content (AvgIpc) is 2.84. The number of pyridine rings is 1. The van der Waals surface area contributed by atoms with E-state index in [2.05, 4.69) is 9.88 Å². The lowest BCUT2D eigenvalue weighted by atomic mass is 9.94. The quantitative estimate of drug-likeness (QED) is 0.370. The van der Waals surface area contributed by atoms with Crippen molar-refractivity contribution in [2.24, 2.45) is 0 Å². The zero-order valence-corrected chi connectivity index (χ0v) is 19.8. The summed E-state index contributed by atoms with van der Waals surface area (Å²) in [6.45, 7) is 6.45. The summed E-state index contributed by atoms with van der Waals surface area (Å²) in [5.41, 5.74) is 5.07. The number of nitrogens with zero attached hydrogens (tertiary/aromatic N) is 2. The van der Waals surface area contributed by atoms with Gasteiger partial charge in [0.05, 0.1) is 11.3 Å². The molecule has 2 nitrogen and oxygen atoms in total. The predicted octanol–water partition coefficient (Wildman–Crippen LogP) is 7.79. The Labute approximate surface area is 200 Å². The number of hydrogen-bond donors (Lipinski definition) is 0. The number of piperidine rings is 1. The van der Waals surface area contributed by atoms with Crippen molar-refractivity contribution in [1.29, 1.82) is 0 Å². The minimum absolute atomic E-state index is 0.193. The number of hydrogen-bond acceptors (Lipinski definition) is 2. The van der Waals surface area contributed by atoms with Crippen molar-refractivity contribution < 1.29 is 13.2 Å². The minimum Gasteiger partial charge on any atom is -0.299 e. The zero-order chi connectivity index (χ0) is 24.1. The van der Waals surface area contributed by atoms with E-state index >= 15 is 0 Å². The highest BCUT2D eigenvalue weighted by molar-refractivity contribution is 5.76. The van der Waals surface area contributed by atoms with E-state index in [4.69, 9.17) is 0 Å². The van der Waals surface area contributed by atoms with E-state index in [-0.39, 0.29) is 5.56 Å². The van der Waals surface area contributed by atoms with Gasteiger partial charge in [-0.3, -0.25) is 9.88 Å². The standard InChI is InChI=1S/C29H31F3N2/c1-3-22-18-24(27(29(30,31)32)19-25(22)20-34-16-8-5-9-17-34)12-13-28-21(2)26(14-15-33-28)23-10-6-4-7-11-23/h4,6-7,10-15,18-19H,3,5,8-9,16-17,20H2,1-2H3/b13-12+. The SMILES string of the molecule is CCc1cc(/C=C/c2nccc(-c3ccccc3)c2C)c(C(F)(F)F)cc1CN1CCCCC1. The molecule has 2 aromatic carbocycles. The van der Waals surface area contributed by atoms with Crippen LogP contribution in [-0.4, -0.2) is 23.0 Å². The first-order valence-corrected chi connectivity index (χ1v) is 12.0. The van der Waals surface area contributed by atoms with E-state index in [0.29, 0.717) is 18.7 Å². The van der Waals surface area contributed by atoms with Gasteiger partial charge in [0.1, 0.15) is 0 Å². The van der Waals surface area contributed by atoms with Crippen LogP contribution in [0.2, 0.25) is 0 Å². The maximum atomic E-state index is 14.1. The lowest BCUT2D eigenvalue weighted by Gasteiger charge is -2.28. The molecule has 0 spiro atoms. The summed E-state index contributed by atoms with van der Waals surface area (Å²) in [5.74, 6) is 0. The Hall–Kier alpha value is -2.92. The fourth-order valence-corrected chi connectivity index (χ4v) is 4.75. The van der Waals surface area contributed by atoms with Crippen molar-refractivity contribution in [1.82, 2.24) is 9.88 Å². The van der Waals surface area contributed by atoms with E-state index in [1.54, 1.807) is 24.4 Å². The Balaban J connectivity index is 1.70. The van der Waals surface area contributed by atoms with Gasteiger partial charge in [-0.05, 0) is 90.9 Å². The van der Waals surface area contributed by atoms with Crippen molar-refractivity contribution in [3.05, 3.63) is 88.2 Å². The Bertz CT molecular complexity index is 1140. The summed E-state index contributed by atoms with van der Waals surface area (Å²) in [7, 11) is 0. The third-order valence-electron chi connectivity index (χ3n) is 6.65. The van der Waals surface area contributed by atoms with Gasteiger partial charge >= 0.3 is 6.18 Å². The Kier molecular flexibility index (Phi) is 7.52. The van der Waals surface area contributed by atoms with Gasteiger partial charge in [-0.1, -0.05) is 55.8 Å². The van der Waals surface area contributed by atoms with Crippen LogP contribution in [0.4, 0.5) is 13.2 Å². The van der Waals surface area contributed by atoms with Crippen molar-refractivity contribution in [2.75, 3.05) is 13.1 Å². The van der Waals surface area contributed by atoms with Crippen LogP contribution in [0.3, 0.4) is 0 Å². The molecule has 4 rings (SSSR count). The molecule has 1 fully saturated rings. The minimum atomic E-state index is -4.42. The summed E-state index contributed by atoms with van der Waals surface area (Å²) in [4.78, 5) is 6.71. The van der Waals surface area contributed by atoms with Crippen LogP contribution in [0, 0.1) is 6.92 Å². The molecule has 34 heavy (non-hydrogen) atoms. The van der Waals surface area contributed by atoms with Crippen LogP contribution in [-0.2, 0) is 19.1 Å². The van der Waals surface area contributed by atoms with Gasteiger partial charge in [0, 0.05) is 12.7 Å². The fraction of sp³-hybridized carbons (Fsp3) is 0.345. The first-order valence-electron chi connectivity index (χ1n) is 12.0. The van der Waals surface area contributed by atoms with Crippen molar-refractivity contribution >= 4 is 12.2 Å². The lowest BCUT2D eigenvalue weighted by molar-refractivity contribution is -0.137. The maximum absolute atomic E-state index is 14.1. The molecule has 0 amide bonds. The number of halogens is 3. The zero-order valence-electron chi connectivity index (χ0n) is 19.8. The number of likely N-dealkylation sites (tertiary alicyclic amines) is 1. The van der Waals surface area contributed by atoms with E-state index in [9.17, 15) is 13.2 Å². The van der Waals surface area contributed by atoms with Gasteiger partial charge < -0.3 is 0 Å². The fourth-order valence-electron chi connectivity index (χ4n) is 4.75. The highest BCUT2D eigenvalue weighted by atomic mass is 19.4. The number of benzene rings is 2. The second-order valence-electron chi connectivity index (χ2n) is 8.96. The van der Waals surface area contributed by atoms with Crippen LogP contribution in [0.5, 0.6) is 0 Å². The normalized spacial score (nSPS) is 15.2. The molecule has 0 saturated carbocycles. The molecule has 0 radical (unpaired) electrons. The van der Waals surface area contributed by atoms with Crippen molar-refractivity contribution in [3.63, 3.8) is 0 Å². The molecule has 0 unspecified atom stereocenters. The smallest absolute Gasteiger partial charge is 0.299 e. The Morgan fingerprint density at radius 2 is 1.68 bits per heavy atom. The van der Waals surface area contributed by atoms with E-state index in [0.717, 1.165) is 53.7 Å². The third kappa shape index (κ3) is 5.58. The second-order valence-corrected chi connectivity index (χ2v) is 8.96. The summed E-state index contributed by atoms with van der Waals surface area (Å²) in [6.07, 6.45) is 4.69. The second kappa shape index (κ2) is 10.6. The van der Waals surface area contributed by atoms with E-state index < -0.39 is 11.7 Å². The van der Waals surface area contributed by atoms with E-state index in [1.165, 1.54) is 12.5 Å². The van der Waals surface area contributed by atoms with Crippen LogP contribution in [0.15, 0.2) is 54.7 Å². The molecule has 178 valence electrons. The van der Waals surface area contributed by atoms with Gasteiger partial charge in [-0.15, -0.1) is 0 Å². The van der Waals surface area contributed by atoms with Crippen LogP contribution in [0.1, 0.15) is 59.7 Å². The first-order chi connectivity index (χ1) is 16.4. The lowest BCUT2D eigenvalue weighted by Crippen LogP contribution is -2.29. The van der Waals surface area contributed by atoms with Crippen LogP contribution < -0.4 is 0 Å². The molecule has 1 aliphatic heterocycles. The molecule has 0 N–H and O–H groups in total. The summed E-state index contributed by atoms with van der Waals surface area (Å²) in [6, 6.07) is 15.0. The maximum Gasteiger partial charge on any atom is 0.416 e. The molecule has 0 aliphatic carbocycles. The predicted molar refractivity (Wildman–Crippen MR) is 133 cm³/mol. The van der Waals surface area contributed by atoms with Gasteiger partial charge in [0.15, 0.2) is 0 Å². The van der Waals surface area contributed by atoms with Gasteiger partial charge in [0.25, 0.3) is 0 Å². The van der Waals surface area contributed by atoms with Gasteiger partial charge in [-0.25, -0.2) is 0 Å². The molecular formula is C29H31F3N2. The topological polar surface area (TPSA) is 16.1 Å². The molecule has 5 heteroatoms. The van der Waals surface area contributed by atoms with Crippen molar-refractivity contribution in [3.8, 4) is 11.1 Å². The summed E-state index contributed by atoms with van der Waals surface area (Å²) >= 11 is 0. The molecule has 1 aromatic heterocycles. The van der Waals surface area contributed by atoms with E-state index in [1.807, 2.05) is 50.2 Å². The Morgan fingerprint density at radius 3 is 2.35 bits per heavy atom. The summed E-state index contributed by atoms with van der Waals surface area (Å²) in [5, 5.41) is 0. The average molecular weight is 465 g/mol. The summed E-state index contributed by atoms with van der Waals surface area (Å²) < 4.78 is 42.2. The monoisotopic (exact) mass is 464 g/mol. The first kappa shape index (κ1) is 24.2. The molecule has 0 bridgehead atoms. The highest BCUT2D eigenvalue weighted by Gasteiger charge is 2.34. The highest BCUT2D eigenvalue weighted by Crippen LogP contribution is 2.36. The molecule has 1 aliphatic rings. The van der Waals surface area contributed by atoms with Gasteiger partial charge in [-0.2, -0.15) is 13.2 Å². The van der Waals surface area contributed by atoms with Gasteiger partial charge in [0.2, 0.25) is 0 Å².